The first kappa shape index (κ1) is 15.8. The van der Waals surface area contributed by atoms with Gasteiger partial charge in [-0.15, -0.1) is 0 Å². The second kappa shape index (κ2) is 7.98. The van der Waals surface area contributed by atoms with Crippen molar-refractivity contribution in [1.29, 1.82) is 0 Å². The first-order valence-corrected chi connectivity index (χ1v) is 7.81. The molecule has 0 radical (unpaired) electrons. The van der Waals surface area contributed by atoms with Crippen molar-refractivity contribution in [2.75, 3.05) is 5.32 Å². The number of pyridine rings is 1. The van der Waals surface area contributed by atoms with Crippen LogP contribution in [0.1, 0.15) is 51.0 Å². The van der Waals surface area contributed by atoms with Gasteiger partial charge in [0.1, 0.15) is 0 Å². The Hall–Kier alpha value is -1.62. The van der Waals surface area contributed by atoms with E-state index in [1.54, 1.807) is 12.4 Å². The van der Waals surface area contributed by atoms with Gasteiger partial charge in [0.2, 0.25) is 0 Å². The molecule has 1 aromatic heterocycles. The summed E-state index contributed by atoms with van der Waals surface area (Å²) in [5.41, 5.74) is 1.49. The summed E-state index contributed by atoms with van der Waals surface area (Å²) in [4.78, 5) is 14.7. The molecule has 2 rings (SSSR count). The van der Waals surface area contributed by atoms with E-state index in [0.29, 0.717) is 18.3 Å². The van der Waals surface area contributed by atoms with Gasteiger partial charge in [0.15, 0.2) is 0 Å². The zero-order valence-corrected chi connectivity index (χ0v) is 12.6. The van der Waals surface area contributed by atoms with E-state index in [9.17, 15) is 4.79 Å². The Labute approximate surface area is 126 Å². The Morgan fingerprint density at radius 2 is 2.19 bits per heavy atom. The van der Waals surface area contributed by atoms with Crippen LogP contribution >= 0.6 is 0 Å². The number of hydrogen-bond acceptors (Lipinski definition) is 3. The number of anilines is 1. The number of nitrogens with one attached hydrogen (secondary N) is 2. The average molecular weight is 291 g/mol. The first-order valence-electron chi connectivity index (χ1n) is 7.81. The van der Waals surface area contributed by atoms with Crippen molar-refractivity contribution in [1.82, 2.24) is 10.3 Å². The van der Waals surface area contributed by atoms with Crippen molar-refractivity contribution in [2.24, 2.45) is 5.92 Å². The highest BCUT2D eigenvalue weighted by atomic mass is 16.4. The van der Waals surface area contributed by atoms with E-state index in [1.165, 1.54) is 38.5 Å². The van der Waals surface area contributed by atoms with Crippen LogP contribution in [0, 0.1) is 5.92 Å². The van der Waals surface area contributed by atoms with E-state index in [1.807, 2.05) is 6.07 Å². The number of nitrogens with zero attached hydrogens (tertiary/aromatic N) is 1. The lowest BCUT2D eigenvalue weighted by Crippen LogP contribution is -2.29. The van der Waals surface area contributed by atoms with Gasteiger partial charge in [0.05, 0.1) is 11.9 Å². The SMILES string of the molecule is CC(CC1CCCCC1)NCc1ccncc1NC(=O)O. The van der Waals surface area contributed by atoms with E-state index in [-0.39, 0.29) is 0 Å². The summed E-state index contributed by atoms with van der Waals surface area (Å²) in [6, 6.07) is 2.30. The summed E-state index contributed by atoms with van der Waals surface area (Å²) >= 11 is 0. The molecule has 116 valence electrons. The first-order chi connectivity index (χ1) is 10.1. The van der Waals surface area contributed by atoms with Crippen LogP contribution in [0.4, 0.5) is 10.5 Å². The van der Waals surface area contributed by atoms with Gasteiger partial charge in [-0.25, -0.2) is 4.79 Å². The summed E-state index contributed by atoms with van der Waals surface area (Å²) in [7, 11) is 0. The highest BCUT2D eigenvalue weighted by Crippen LogP contribution is 2.27. The topological polar surface area (TPSA) is 74.2 Å². The van der Waals surface area contributed by atoms with Crippen molar-refractivity contribution in [3.63, 3.8) is 0 Å². The van der Waals surface area contributed by atoms with E-state index >= 15 is 0 Å². The fourth-order valence-corrected chi connectivity index (χ4v) is 3.10. The third-order valence-electron chi connectivity index (χ3n) is 4.21. The van der Waals surface area contributed by atoms with Crippen LogP contribution in [0.2, 0.25) is 0 Å². The summed E-state index contributed by atoms with van der Waals surface area (Å²) in [5.74, 6) is 0.843. The maximum Gasteiger partial charge on any atom is 0.409 e. The van der Waals surface area contributed by atoms with Gasteiger partial charge < -0.3 is 10.4 Å². The fraction of sp³-hybridized carbons (Fsp3) is 0.625. The van der Waals surface area contributed by atoms with Crippen LogP contribution in [0.5, 0.6) is 0 Å². The quantitative estimate of drug-likeness (QED) is 0.748. The largest absolute Gasteiger partial charge is 0.465 e. The summed E-state index contributed by atoms with van der Waals surface area (Å²) in [6.07, 6.45) is 10.2. The third kappa shape index (κ3) is 5.34. The number of aromatic nitrogens is 1. The second-order valence-electron chi connectivity index (χ2n) is 5.98. The van der Waals surface area contributed by atoms with Gasteiger partial charge in [0, 0.05) is 18.8 Å². The molecule has 1 unspecified atom stereocenters. The van der Waals surface area contributed by atoms with Crippen LogP contribution in [-0.4, -0.2) is 22.2 Å². The van der Waals surface area contributed by atoms with Crippen LogP contribution in [0.15, 0.2) is 18.5 Å². The Morgan fingerprint density at radius 3 is 2.90 bits per heavy atom. The molecule has 0 bridgehead atoms. The number of amides is 1. The lowest BCUT2D eigenvalue weighted by Gasteiger charge is -2.25. The van der Waals surface area contributed by atoms with E-state index in [2.05, 4.69) is 22.5 Å². The Balaban J connectivity index is 1.82. The zero-order chi connectivity index (χ0) is 15.1. The van der Waals surface area contributed by atoms with E-state index in [4.69, 9.17) is 5.11 Å². The number of carbonyl (C=O) groups is 1. The molecular weight excluding hydrogens is 266 g/mol. The molecule has 0 aromatic carbocycles. The molecule has 5 heteroatoms. The molecule has 3 N–H and O–H groups in total. The molecule has 1 amide bonds. The Bertz CT molecular complexity index is 459. The molecule has 0 saturated heterocycles. The Morgan fingerprint density at radius 1 is 1.43 bits per heavy atom. The fourth-order valence-electron chi connectivity index (χ4n) is 3.10. The van der Waals surface area contributed by atoms with Crippen molar-refractivity contribution in [2.45, 2.75) is 58.0 Å². The van der Waals surface area contributed by atoms with Gasteiger partial charge in [-0.3, -0.25) is 10.3 Å². The van der Waals surface area contributed by atoms with Gasteiger partial charge >= 0.3 is 6.09 Å². The predicted octanol–water partition coefficient (Wildman–Crippen LogP) is 3.62. The van der Waals surface area contributed by atoms with Gasteiger partial charge in [-0.05, 0) is 30.9 Å². The van der Waals surface area contributed by atoms with Crippen LogP contribution in [-0.2, 0) is 6.54 Å². The Kier molecular flexibility index (Phi) is 5.99. The van der Waals surface area contributed by atoms with Crippen LogP contribution in [0.25, 0.3) is 0 Å². The lowest BCUT2D eigenvalue weighted by molar-refractivity contribution is 0.209. The number of rotatable bonds is 6. The highest BCUT2D eigenvalue weighted by Gasteiger charge is 2.16. The average Bonchev–Trinajstić information content (AvgIpc) is 2.47. The standard InChI is InChI=1S/C16H25N3O2/c1-12(9-13-5-3-2-4-6-13)18-10-14-7-8-17-11-15(14)19-16(20)21/h7-8,11-13,18-19H,2-6,9-10H2,1H3,(H,20,21). The van der Waals surface area contributed by atoms with Gasteiger partial charge in [-0.2, -0.15) is 0 Å². The summed E-state index contributed by atoms with van der Waals surface area (Å²) in [6.45, 7) is 2.87. The minimum Gasteiger partial charge on any atom is -0.465 e. The maximum absolute atomic E-state index is 10.8. The minimum absolute atomic E-state index is 0.443. The van der Waals surface area contributed by atoms with Crippen molar-refractivity contribution in [3.05, 3.63) is 24.0 Å². The van der Waals surface area contributed by atoms with Gasteiger partial charge in [0.25, 0.3) is 0 Å². The molecule has 0 aliphatic heterocycles. The molecule has 1 fully saturated rings. The molecule has 0 spiro atoms. The third-order valence-corrected chi connectivity index (χ3v) is 4.21. The molecule has 1 saturated carbocycles. The number of carboxylic acid groups (broad SMARTS) is 1. The molecule has 1 aliphatic carbocycles. The number of hydrogen-bond donors (Lipinski definition) is 3. The molecule has 5 nitrogen and oxygen atoms in total. The molecule has 21 heavy (non-hydrogen) atoms. The molecule has 1 atom stereocenters. The molecule has 1 aliphatic rings. The molecule has 1 aromatic rings. The zero-order valence-electron chi connectivity index (χ0n) is 12.6. The van der Waals surface area contributed by atoms with Crippen molar-refractivity contribution in [3.8, 4) is 0 Å². The van der Waals surface area contributed by atoms with Gasteiger partial charge in [-0.1, -0.05) is 32.1 Å². The monoisotopic (exact) mass is 291 g/mol. The highest BCUT2D eigenvalue weighted by molar-refractivity contribution is 5.83. The summed E-state index contributed by atoms with van der Waals surface area (Å²) < 4.78 is 0. The minimum atomic E-state index is -1.06. The van der Waals surface area contributed by atoms with E-state index in [0.717, 1.165) is 11.5 Å². The summed E-state index contributed by atoms with van der Waals surface area (Å²) in [5, 5.41) is 14.7. The molecular formula is C16H25N3O2. The van der Waals surface area contributed by atoms with Crippen LogP contribution in [0.3, 0.4) is 0 Å². The smallest absolute Gasteiger partial charge is 0.409 e. The maximum atomic E-state index is 10.8. The molecule has 1 heterocycles. The normalized spacial score (nSPS) is 17.4. The van der Waals surface area contributed by atoms with Crippen molar-refractivity contribution < 1.29 is 9.90 Å². The second-order valence-corrected chi connectivity index (χ2v) is 5.98. The lowest BCUT2D eigenvalue weighted by atomic mass is 9.85. The predicted molar refractivity (Wildman–Crippen MR) is 83.4 cm³/mol. The van der Waals surface area contributed by atoms with E-state index < -0.39 is 6.09 Å². The van der Waals surface area contributed by atoms with Crippen molar-refractivity contribution >= 4 is 11.8 Å². The van der Waals surface area contributed by atoms with Crippen LogP contribution < -0.4 is 10.6 Å².